The molecule has 1 unspecified atom stereocenters. The fourth-order valence-corrected chi connectivity index (χ4v) is 2.90. The van der Waals surface area contributed by atoms with Gasteiger partial charge in [-0.15, -0.1) is 0 Å². The Morgan fingerprint density at radius 1 is 1.12 bits per heavy atom. The lowest BCUT2D eigenvalue weighted by Crippen LogP contribution is -2.48. The highest BCUT2D eigenvalue weighted by Gasteiger charge is 2.21. The molecule has 136 valence electrons. The second-order valence-electron chi connectivity index (χ2n) is 6.59. The molecule has 3 rings (SSSR count). The van der Waals surface area contributed by atoms with Crippen LogP contribution in [0.15, 0.2) is 28.8 Å². The number of aliphatic hydroxyl groups excluding tert-OH is 1. The lowest BCUT2D eigenvalue weighted by molar-refractivity contribution is 0.0426. The average molecular weight is 346 g/mol. The molecular formula is C18H26N4O3. The first-order valence-electron chi connectivity index (χ1n) is 8.70. The van der Waals surface area contributed by atoms with E-state index in [2.05, 4.69) is 19.9 Å². The van der Waals surface area contributed by atoms with Gasteiger partial charge in [-0.3, -0.25) is 9.80 Å². The molecular weight excluding hydrogens is 320 g/mol. The molecule has 1 aromatic carbocycles. The maximum absolute atomic E-state index is 10.2. The normalized spacial score (nSPS) is 17.6. The number of hydrogen-bond acceptors (Lipinski definition) is 7. The number of ether oxygens (including phenoxy) is 1. The Kier molecular flexibility index (Phi) is 6.01. The minimum atomic E-state index is -0.494. The van der Waals surface area contributed by atoms with E-state index in [4.69, 9.17) is 9.26 Å². The van der Waals surface area contributed by atoms with E-state index >= 15 is 0 Å². The van der Waals surface area contributed by atoms with Gasteiger partial charge in [-0.1, -0.05) is 22.9 Å². The predicted octanol–water partition coefficient (Wildman–Crippen LogP) is 1.24. The molecule has 1 aliphatic heterocycles. The second kappa shape index (κ2) is 8.42. The van der Waals surface area contributed by atoms with E-state index in [1.807, 2.05) is 38.1 Å². The first-order valence-corrected chi connectivity index (χ1v) is 8.70. The summed E-state index contributed by atoms with van der Waals surface area (Å²) in [7, 11) is 0. The minimum Gasteiger partial charge on any atom is -0.491 e. The Hall–Kier alpha value is -1.96. The van der Waals surface area contributed by atoms with E-state index in [1.54, 1.807) is 0 Å². The number of hydrogen-bond donors (Lipinski definition) is 1. The maximum Gasteiger partial charge on any atom is 0.240 e. The van der Waals surface area contributed by atoms with E-state index in [-0.39, 0.29) is 0 Å². The molecule has 1 fully saturated rings. The van der Waals surface area contributed by atoms with E-state index in [0.29, 0.717) is 31.4 Å². The van der Waals surface area contributed by atoms with Crippen LogP contribution in [0.25, 0.3) is 0 Å². The first-order chi connectivity index (χ1) is 12.1. The molecule has 25 heavy (non-hydrogen) atoms. The Morgan fingerprint density at radius 2 is 1.80 bits per heavy atom. The third-order valence-corrected chi connectivity index (χ3v) is 4.33. The van der Waals surface area contributed by atoms with Crippen molar-refractivity contribution < 1.29 is 14.4 Å². The van der Waals surface area contributed by atoms with Crippen LogP contribution in [-0.2, 0) is 6.54 Å². The molecule has 0 spiro atoms. The van der Waals surface area contributed by atoms with Crippen LogP contribution in [0, 0.1) is 13.8 Å². The van der Waals surface area contributed by atoms with Crippen molar-refractivity contribution in [2.75, 3.05) is 39.3 Å². The monoisotopic (exact) mass is 346 g/mol. The van der Waals surface area contributed by atoms with Gasteiger partial charge in [-0.25, -0.2) is 0 Å². The smallest absolute Gasteiger partial charge is 0.240 e. The largest absolute Gasteiger partial charge is 0.491 e. The molecule has 0 bridgehead atoms. The summed E-state index contributed by atoms with van der Waals surface area (Å²) in [6.07, 6.45) is -0.494. The van der Waals surface area contributed by atoms with Crippen LogP contribution in [0.1, 0.15) is 17.3 Å². The van der Waals surface area contributed by atoms with Gasteiger partial charge < -0.3 is 14.4 Å². The molecule has 2 heterocycles. The summed E-state index contributed by atoms with van der Waals surface area (Å²) in [6, 6.07) is 7.87. The van der Waals surface area contributed by atoms with E-state index < -0.39 is 6.10 Å². The van der Waals surface area contributed by atoms with Crippen molar-refractivity contribution in [2.45, 2.75) is 26.5 Å². The van der Waals surface area contributed by atoms with Crippen LogP contribution in [-0.4, -0.2) is 70.5 Å². The van der Waals surface area contributed by atoms with Crippen LogP contribution in [0.2, 0.25) is 0 Å². The van der Waals surface area contributed by atoms with E-state index in [9.17, 15) is 5.11 Å². The van der Waals surface area contributed by atoms with E-state index in [1.165, 1.54) is 5.56 Å². The molecule has 0 aliphatic carbocycles. The number of aromatic nitrogens is 2. The third kappa shape index (κ3) is 5.52. The van der Waals surface area contributed by atoms with Crippen molar-refractivity contribution in [3.63, 3.8) is 0 Å². The summed E-state index contributed by atoms with van der Waals surface area (Å²) in [5, 5.41) is 14.0. The Bertz CT molecular complexity index is 651. The van der Waals surface area contributed by atoms with Crippen molar-refractivity contribution in [1.29, 1.82) is 0 Å². The summed E-state index contributed by atoms with van der Waals surface area (Å²) in [5.74, 6) is 2.13. The Balaban J connectivity index is 1.35. The molecule has 0 radical (unpaired) electrons. The molecule has 1 saturated heterocycles. The molecule has 0 saturated carbocycles. The zero-order chi connectivity index (χ0) is 17.6. The zero-order valence-corrected chi connectivity index (χ0v) is 14.9. The fraction of sp³-hybridized carbons (Fsp3) is 0.556. The number of aliphatic hydroxyl groups is 1. The summed E-state index contributed by atoms with van der Waals surface area (Å²) in [6.45, 7) is 9.16. The third-order valence-electron chi connectivity index (χ3n) is 4.33. The molecule has 1 N–H and O–H groups in total. The minimum absolute atomic E-state index is 0.310. The molecule has 2 aromatic rings. The second-order valence-corrected chi connectivity index (χ2v) is 6.59. The highest BCUT2D eigenvalue weighted by molar-refractivity contribution is 5.26. The van der Waals surface area contributed by atoms with Gasteiger partial charge in [0.15, 0.2) is 5.82 Å². The van der Waals surface area contributed by atoms with Gasteiger partial charge >= 0.3 is 0 Å². The van der Waals surface area contributed by atoms with Gasteiger partial charge in [0.25, 0.3) is 0 Å². The lowest BCUT2D eigenvalue weighted by atomic mass is 10.2. The van der Waals surface area contributed by atoms with Gasteiger partial charge in [0.05, 0.1) is 6.54 Å². The molecule has 0 amide bonds. The highest BCUT2D eigenvalue weighted by Crippen LogP contribution is 2.12. The zero-order valence-electron chi connectivity index (χ0n) is 14.9. The topological polar surface area (TPSA) is 74.9 Å². The van der Waals surface area contributed by atoms with Crippen molar-refractivity contribution in [3.8, 4) is 5.75 Å². The number of aryl methyl sites for hydroxylation is 2. The summed E-state index contributed by atoms with van der Waals surface area (Å²) >= 11 is 0. The standard InChI is InChI=1S/C18H26N4O3/c1-14-3-5-17(6-4-14)24-13-16(23)11-21-7-9-22(10-8-21)12-18-19-15(2)20-25-18/h3-6,16,23H,7-13H2,1-2H3. The van der Waals surface area contributed by atoms with Crippen molar-refractivity contribution in [1.82, 2.24) is 19.9 Å². The fourth-order valence-electron chi connectivity index (χ4n) is 2.90. The van der Waals surface area contributed by atoms with Crippen molar-refractivity contribution >= 4 is 0 Å². The van der Waals surface area contributed by atoms with Gasteiger partial charge in [-0.2, -0.15) is 4.98 Å². The molecule has 7 heteroatoms. The van der Waals surface area contributed by atoms with Gasteiger partial charge in [0, 0.05) is 32.7 Å². The highest BCUT2D eigenvalue weighted by atomic mass is 16.5. The molecule has 1 aromatic heterocycles. The molecule has 1 aliphatic rings. The maximum atomic E-state index is 10.2. The van der Waals surface area contributed by atoms with Crippen LogP contribution in [0.4, 0.5) is 0 Å². The van der Waals surface area contributed by atoms with Crippen LogP contribution in [0.3, 0.4) is 0 Å². The predicted molar refractivity (Wildman–Crippen MR) is 93.4 cm³/mol. The van der Waals surface area contributed by atoms with Crippen molar-refractivity contribution in [3.05, 3.63) is 41.5 Å². The van der Waals surface area contributed by atoms with Crippen LogP contribution >= 0.6 is 0 Å². The summed E-state index contributed by atoms with van der Waals surface area (Å²) in [4.78, 5) is 8.79. The van der Waals surface area contributed by atoms with Crippen LogP contribution in [0.5, 0.6) is 5.75 Å². The molecule has 1 atom stereocenters. The number of nitrogens with zero attached hydrogens (tertiary/aromatic N) is 4. The summed E-state index contributed by atoms with van der Waals surface area (Å²) < 4.78 is 10.8. The number of β-amino-alcohol motifs (C(OH)–C–C–N with tert-alkyl or cyclic N) is 1. The van der Waals surface area contributed by atoms with Gasteiger partial charge in [-0.05, 0) is 26.0 Å². The average Bonchev–Trinajstić information content (AvgIpc) is 3.01. The number of benzene rings is 1. The van der Waals surface area contributed by atoms with E-state index in [0.717, 1.165) is 31.9 Å². The van der Waals surface area contributed by atoms with Gasteiger partial charge in [0.2, 0.25) is 5.89 Å². The van der Waals surface area contributed by atoms with Crippen molar-refractivity contribution in [2.24, 2.45) is 0 Å². The first kappa shape index (κ1) is 17.8. The Labute approximate surface area is 148 Å². The van der Waals surface area contributed by atoms with Gasteiger partial charge in [0.1, 0.15) is 18.5 Å². The quantitative estimate of drug-likeness (QED) is 0.808. The lowest BCUT2D eigenvalue weighted by Gasteiger charge is -2.34. The van der Waals surface area contributed by atoms with Crippen LogP contribution < -0.4 is 4.74 Å². The SMILES string of the molecule is Cc1ccc(OCC(O)CN2CCN(Cc3nc(C)no3)CC2)cc1. The Morgan fingerprint density at radius 3 is 2.44 bits per heavy atom. The number of rotatable bonds is 7. The number of piperazine rings is 1. The summed E-state index contributed by atoms with van der Waals surface area (Å²) in [5.41, 5.74) is 1.20. The molecule has 7 nitrogen and oxygen atoms in total.